The molecule has 3 aromatic rings. The van der Waals surface area contributed by atoms with Crippen LogP contribution in [0.15, 0.2) is 18.5 Å². The number of fused-ring (bicyclic) bond motifs is 1. The smallest absolute Gasteiger partial charge is 0.203 e. The number of aromatic nitrogens is 2. The maximum atomic E-state index is 5.65. The third-order valence-electron chi connectivity index (χ3n) is 5.80. The number of hydrogen-bond acceptors (Lipinski definition) is 8. The van der Waals surface area contributed by atoms with Gasteiger partial charge in [0.15, 0.2) is 11.5 Å². The summed E-state index contributed by atoms with van der Waals surface area (Å²) in [5, 5.41) is 1.20. The van der Waals surface area contributed by atoms with Gasteiger partial charge in [-0.3, -0.25) is 4.90 Å². The van der Waals surface area contributed by atoms with Crippen LogP contribution in [0, 0.1) is 13.8 Å². The molecule has 0 amide bonds. The van der Waals surface area contributed by atoms with Gasteiger partial charge in [0.05, 0.1) is 26.7 Å². The lowest BCUT2D eigenvalue weighted by Gasteiger charge is -2.36. The molecule has 1 aromatic carbocycles. The predicted octanol–water partition coefficient (Wildman–Crippen LogP) is 3.66. The van der Waals surface area contributed by atoms with Gasteiger partial charge in [-0.15, -0.1) is 11.3 Å². The molecule has 0 spiro atoms. The Morgan fingerprint density at radius 2 is 1.67 bits per heavy atom. The van der Waals surface area contributed by atoms with Crippen molar-refractivity contribution in [1.29, 1.82) is 0 Å². The minimum Gasteiger partial charge on any atom is -0.493 e. The summed E-state index contributed by atoms with van der Waals surface area (Å²) in [5.74, 6) is 3.12. The number of benzene rings is 1. The van der Waals surface area contributed by atoms with Crippen molar-refractivity contribution in [2.24, 2.45) is 0 Å². The lowest BCUT2D eigenvalue weighted by atomic mass is 10.1. The summed E-state index contributed by atoms with van der Waals surface area (Å²) in [6.07, 6.45) is 1.69. The fourth-order valence-corrected chi connectivity index (χ4v) is 5.04. The van der Waals surface area contributed by atoms with Gasteiger partial charge < -0.3 is 19.1 Å². The molecule has 8 heteroatoms. The largest absolute Gasteiger partial charge is 0.493 e. The van der Waals surface area contributed by atoms with Crippen molar-refractivity contribution < 1.29 is 14.2 Å². The average molecular weight is 429 g/mol. The highest BCUT2D eigenvalue weighted by atomic mass is 32.1. The molecule has 1 aliphatic heterocycles. The molecule has 1 aliphatic rings. The van der Waals surface area contributed by atoms with Gasteiger partial charge in [0.2, 0.25) is 5.75 Å². The van der Waals surface area contributed by atoms with E-state index in [0.29, 0.717) is 11.5 Å². The first-order valence-corrected chi connectivity index (χ1v) is 10.8. The number of anilines is 1. The minimum absolute atomic E-state index is 0.641. The Morgan fingerprint density at radius 3 is 2.33 bits per heavy atom. The van der Waals surface area contributed by atoms with E-state index in [0.717, 1.165) is 54.7 Å². The van der Waals surface area contributed by atoms with Gasteiger partial charge in [-0.25, -0.2) is 9.97 Å². The molecule has 3 heterocycles. The molecule has 0 atom stereocenters. The summed E-state index contributed by atoms with van der Waals surface area (Å²) in [4.78, 5) is 16.3. The molecule has 0 radical (unpaired) electrons. The van der Waals surface area contributed by atoms with Crippen LogP contribution < -0.4 is 19.1 Å². The minimum atomic E-state index is 0.641. The quantitative estimate of drug-likeness (QED) is 0.594. The molecule has 160 valence electrons. The summed E-state index contributed by atoms with van der Waals surface area (Å²) in [6.45, 7) is 8.87. The van der Waals surface area contributed by atoms with Crippen LogP contribution in [0.1, 0.15) is 16.0 Å². The second-order valence-corrected chi connectivity index (χ2v) is 8.62. The van der Waals surface area contributed by atoms with Crippen molar-refractivity contribution in [2.45, 2.75) is 20.4 Å². The fourth-order valence-electron chi connectivity index (χ4n) is 4.05. The maximum absolute atomic E-state index is 5.65. The van der Waals surface area contributed by atoms with Crippen molar-refractivity contribution in [3.05, 3.63) is 34.5 Å². The molecule has 7 nitrogen and oxygen atoms in total. The number of methoxy groups -OCH3 is 3. The van der Waals surface area contributed by atoms with Gasteiger partial charge in [-0.2, -0.15) is 0 Å². The van der Waals surface area contributed by atoms with Gasteiger partial charge in [0.25, 0.3) is 0 Å². The lowest BCUT2D eigenvalue weighted by molar-refractivity contribution is 0.243. The van der Waals surface area contributed by atoms with Crippen LogP contribution in [-0.4, -0.2) is 62.4 Å². The van der Waals surface area contributed by atoms with E-state index in [2.05, 4.69) is 39.7 Å². The maximum Gasteiger partial charge on any atom is 0.203 e. The standard InChI is InChI=1S/C22H28N4O3S/c1-14-15(2)30-22-18(14)21(23-13-24-22)26-10-8-25(9-11-26)12-16-6-7-17(27-3)20(29-5)19(16)28-4/h6-7,13H,8-12H2,1-5H3. The Hall–Kier alpha value is -2.58. The van der Waals surface area contributed by atoms with Crippen LogP contribution in [-0.2, 0) is 6.54 Å². The van der Waals surface area contributed by atoms with E-state index in [-0.39, 0.29) is 0 Å². The zero-order valence-electron chi connectivity index (χ0n) is 18.2. The normalized spacial score (nSPS) is 14.9. The van der Waals surface area contributed by atoms with E-state index in [1.165, 1.54) is 15.8 Å². The van der Waals surface area contributed by atoms with Crippen molar-refractivity contribution >= 4 is 27.4 Å². The number of hydrogen-bond donors (Lipinski definition) is 0. The highest BCUT2D eigenvalue weighted by molar-refractivity contribution is 7.18. The molecule has 0 unspecified atom stereocenters. The number of nitrogens with zero attached hydrogens (tertiary/aromatic N) is 4. The topological polar surface area (TPSA) is 60.0 Å². The first-order valence-electron chi connectivity index (χ1n) is 10.0. The second kappa shape index (κ2) is 8.65. The fraction of sp³-hybridized carbons (Fsp3) is 0.455. The van der Waals surface area contributed by atoms with Gasteiger partial charge >= 0.3 is 0 Å². The monoisotopic (exact) mass is 428 g/mol. The zero-order valence-corrected chi connectivity index (χ0v) is 19.0. The van der Waals surface area contributed by atoms with Crippen LogP contribution in [0.3, 0.4) is 0 Å². The summed E-state index contributed by atoms with van der Waals surface area (Å²) in [7, 11) is 4.95. The van der Waals surface area contributed by atoms with Gasteiger partial charge in [0.1, 0.15) is 17.0 Å². The Balaban J connectivity index is 1.50. The first-order chi connectivity index (χ1) is 14.6. The van der Waals surface area contributed by atoms with E-state index in [1.807, 2.05) is 6.07 Å². The summed E-state index contributed by atoms with van der Waals surface area (Å²) in [6, 6.07) is 3.99. The number of rotatable bonds is 6. The van der Waals surface area contributed by atoms with Crippen molar-refractivity contribution in [3.8, 4) is 17.2 Å². The Bertz CT molecular complexity index is 1040. The Kier molecular flexibility index (Phi) is 5.97. The van der Waals surface area contributed by atoms with E-state index < -0.39 is 0 Å². The van der Waals surface area contributed by atoms with Crippen LogP contribution in [0.2, 0.25) is 0 Å². The van der Waals surface area contributed by atoms with Crippen molar-refractivity contribution in [3.63, 3.8) is 0 Å². The summed E-state index contributed by atoms with van der Waals surface area (Å²) >= 11 is 1.75. The van der Waals surface area contributed by atoms with Crippen LogP contribution >= 0.6 is 11.3 Å². The molecule has 30 heavy (non-hydrogen) atoms. The number of ether oxygens (including phenoxy) is 3. The summed E-state index contributed by atoms with van der Waals surface area (Å²) < 4.78 is 16.6. The van der Waals surface area contributed by atoms with Crippen molar-refractivity contribution in [1.82, 2.24) is 14.9 Å². The lowest BCUT2D eigenvalue weighted by Crippen LogP contribution is -2.46. The van der Waals surface area contributed by atoms with Crippen LogP contribution in [0.25, 0.3) is 10.2 Å². The van der Waals surface area contributed by atoms with E-state index in [1.54, 1.807) is 39.0 Å². The van der Waals surface area contributed by atoms with Gasteiger partial charge in [0, 0.05) is 43.2 Å². The third-order valence-corrected chi connectivity index (χ3v) is 6.91. The molecule has 0 N–H and O–H groups in total. The molecular weight excluding hydrogens is 400 g/mol. The first kappa shape index (κ1) is 20.7. The van der Waals surface area contributed by atoms with Gasteiger partial charge in [-0.05, 0) is 25.5 Å². The zero-order chi connectivity index (χ0) is 21.3. The summed E-state index contributed by atoms with van der Waals surface area (Å²) in [5.41, 5.74) is 2.39. The Morgan fingerprint density at radius 1 is 0.933 bits per heavy atom. The van der Waals surface area contributed by atoms with Crippen LogP contribution in [0.5, 0.6) is 17.2 Å². The van der Waals surface area contributed by atoms with E-state index in [4.69, 9.17) is 14.2 Å². The number of piperazine rings is 1. The molecule has 0 bridgehead atoms. The molecule has 0 aliphatic carbocycles. The molecule has 4 rings (SSSR count). The molecule has 1 fully saturated rings. The molecular formula is C22H28N4O3S. The average Bonchev–Trinajstić information content (AvgIpc) is 3.07. The predicted molar refractivity (Wildman–Crippen MR) is 120 cm³/mol. The van der Waals surface area contributed by atoms with Crippen LogP contribution in [0.4, 0.5) is 5.82 Å². The Labute approximate surface area is 181 Å². The van der Waals surface area contributed by atoms with E-state index >= 15 is 0 Å². The molecule has 1 saturated heterocycles. The van der Waals surface area contributed by atoms with Crippen molar-refractivity contribution in [2.75, 3.05) is 52.4 Å². The molecule has 0 saturated carbocycles. The second-order valence-electron chi connectivity index (χ2n) is 7.42. The SMILES string of the molecule is COc1ccc(CN2CCN(c3ncnc4sc(C)c(C)c34)CC2)c(OC)c1OC. The highest BCUT2D eigenvalue weighted by Crippen LogP contribution is 2.40. The van der Waals surface area contributed by atoms with E-state index in [9.17, 15) is 0 Å². The van der Waals surface area contributed by atoms with Gasteiger partial charge in [-0.1, -0.05) is 6.07 Å². The third kappa shape index (κ3) is 3.65. The number of aryl methyl sites for hydroxylation is 2. The highest BCUT2D eigenvalue weighted by Gasteiger charge is 2.24. The number of thiophene rings is 1. The molecule has 2 aromatic heterocycles.